The van der Waals surface area contributed by atoms with Crippen LogP contribution in [0.2, 0.25) is 0 Å². The van der Waals surface area contributed by atoms with Gasteiger partial charge in [-0.1, -0.05) is 11.8 Å². The van der Waals surface area contributed by atoms with Gasteiger partial charge in [0.15, 0.2) is 0 Å². The lowest BCUT2D eigenvalue weighted by Crippen LogP contribution is -2.21. The van der Waals surface area contributed by atoms with Crippen LogP contribution in [0.25, 0.3) is 0 Å². The molecule has 0 aromatic heterocycles. The van der Waals surface area contributed by atoms with Gasteiger partial charge in [-0.25, -0.2) is 5.26 Å². The molecule has 1 amide bonds. The Labute approximate surface area is 78.3 Å². The first kappa shape index (κ1) is 13.7. The lowest BCUT2D eigenvalue weighted by molar-refractivity contribution is -0.120. The van der Waals surface area contributed by atoms with Gasteiger partial charge in [0.25, 0.3) is 0 Å². The number of rotatable bonds is 0. The smallest absolute Gasteiger partial charge is 0.219 e. The van der Waals surface area contributed by atoms with Crippen molar-refractivity contribution in [2.45, 2.75) is 25.7 Å². The third-order valence-electron chi connectivity index (χ3n) is 1.40. The van der Waals surface area contributed by atoms with Crippen molar-refractivity contribution in [1.29, 1.82) is 5.26 Å². The number of hydrogen-bond acceptors (Lipinski definition) is 3. The van der Waals surface area contributed by atoms with Gasteiger partial charge in [0.2, 0.25) is 5.91 Å². The largest absolute Gasteiger partial charge is 0.696 e. The summed E-state index contributed by atoms with van der Waals surface area (Å²) in [6.07, 6.45) is 4.18. The Morgan fingerprint density at radius 2 is 2.00 bits per heavy atom. The maximum atomic E-state index is 10.6. The predicted molar refractivity (Wildman–Crippen MR) is 50.4 cm³/mol. The fourth-order valence-electron chi connectivity index (χ4n) is 0.904. The second kappa shape index (κ2) is 10.1. The summed E-state index contributed by atoms with van der Waals surface area (Å²) in [5.74, 6) is 0.225. The molecule has 0 atom stereocenters. The lowest BCUT2D eigenvalue weighted by Gasteiger charge is -1.93. The molecule has 1 fully saturated rings. The molecule has 1 rings (SSSR count). The lowest BCUT2D eigenvalue weighted by atomic mass is 10.2. The van der Waals surface area contributed by atoms with E-state index in [0.29, 0.717) is 0 Å². The van der Waals surface area contributed by atoms with E-state index in [1.54, 1.807) is 0 Å². The van der Waals surface area contributed by atoms with E-state index in [9.17, 15) is 4.79 Å². The molecule has 0 aromatic carbocycles. The molecule has 1 heterocycles. The molecule has 5 N–H and O–H groups in total. The molecule has 5 heteroatoms. The van der Waals surface area contributed by atoms with Crippen molar-refractivity contribution >= 4 is 18.5 Å². The van der Waals surface area contributed by atoms with Crippen molar-refractivity contribution in [1.82, 2.24) is 11.5 Å². The molecule has 1 aliphatic rings. The van der Waals surface area contributed by atoms with Crippen LogP contribution in [0.4, 0.5) is 0 Å². The number of quaternary nitrogens is 1. The first-order valence-electron chi connectivity index (χ1n) is 3.59. The van der Waals surface area contributed by atoms with Gasteiger partial charge >= 0.3 is 0 Å². The van der Waals surface area contributed by atoms with Crippen molar-refractivity contribution in [2.75, 3.05) is 6.54 Å². The number of carbonyl (C=O) groups excluding carboxylic acids is 1. The summed E-state index contributed by atoms with van der Waals surface area (Å²) in [4.78, 5) is 10.6. The molecule has 0 aliphatic carbocycles. The molecule has 4 nitrogen and oxygen atoms in total. The van der Waals surface area contributed by atoms with Crippen molar-refractivity contribution in [3.05, 3.63) is 0 Å². The average Bonchev–Trinajstić information content (AvgIpc) is 2.18. The van der Waals surface area contributed by atoms with Gasteiger partial charge in [-0.2, -0.15) is 0 Å². The fourth-order valence-corrected chi connectivity index (χ4v) is 0.904. The summed E-state index contributed by atoms with van der Waals surface area (Å²) >= 11 is 3.70. The van der Waals surface area contributed by atoms with Gasteiger partial charge in [-0.3, -0.25) is 4.79 Å². The number of hydrogen-bond donors (Lipinski definition) is 2. The summed E-state index contributed by atoms with van der Waals surface area (Å²) in [5, 5.41) is 11.3. The van der Waals surface area contributed by atoms with E-state index in [4.69, 9.17) is 5.26 Å². The van der Waals surface area contributed by atoms with E-state index >= 15 is 0 Å². The normalized spacial score (nSPS) is 15.1. The number of nitriles is 1. The number of amides is 1. The number of thiocyanates is 1. The molecule has 12 heavy (non-hydrogen) atoms. The summed E-state index contributed by atoms with van der Waals surface area (Å²) in [5.41, 5.74) is 0. The number of nitrogens with zero attached hydrogens (tertiary/aromatic N) is 1. The Morgan fingerprint density at radius 3 is 2.58 bits per heavy atom. The highest BCUT2D eigenvalue weighted by molar-refractivity contribution is 7.64. The van der Waals surface area contributed by atoms with E-state index in [0.717, 1.165) is 25.8 Å². The Hall–Kier alpha value is -0.860. The van der Waals surface area contributed by atoms with Crippen molar-refractivity contribution in [2.24, 2.45) is 0 Å². The van der Waals surface area contributed by atoms with Gasteiger partial charge in [0, 0.05) is 13.0 Å². The van der Waals surface area contributed by atoms with Crippen LogP contribution in [-0.2, 0) is 17.4 Å². The molecule has 0 radical (unpaired) electrons. The zero-order chi connectivity index (χ0) is 8.53. The summed E-state index contributed by atoms with van der Waals surface area (Å²) in [6.45, 7) is 0.888. The van der Waals surface area contributed by atoms with Crippen LogP contribution in [-0.4, -0.2) is 12.5 Å². The van der Waals surface area contributed by atoms with E-state index in [1.165, 1.54) is 11.8 Å². The monoisotopic (exact) mass is 189 g/mol. The molecule has 0 saturated carbocycles. The minimum Gasteiger partial charge on any atom is -0.696 e. The van der Waals surface area contributed by atoms with Gasteiger partial charge in [0.1, 0.15) is 0 Å². The second-order valence-corrected chi connectivity index (χ2v) is 2.43. The van der Waals surface area contributed by atoms with Crippen molar-refractivity contribution in [3.8, 4) is 5.40 Å². The van der Waals surface area contributed by atoms with Gasteiger partial charge in [-0.15, -0.1) is 0 Å². The number of carbonyl (C=O) groups is 1. The summed E-state index contributed by atoms with van der Waals surface area (Å²) in [7, 11) is 0. The first-order valence-corrected chi connectivity index (χ1v) is 4.00. The van der Waals surface area contributed by atoms with E-state index in [1.807, 2.05) is 0 Å². The van der Waals surface area contributed by atoms with Crippen LogP contribution in [0.15, 0.2) is 0 Å². The Kier molecular flexibility index (Phi) is 11.6. The quantitative estimate of drug-likeness (QED) is 0.441. The summed E-state index contributed by atoms with van der Waals surface area (Å²) in [6, 6.07) is 0. The topological polar surface area (TPSA) is 89.4 Å². The third kappa shape index (κ3) is 9.14. The maximum absolute atomic E-state index is 10.6. The average molecular weight is 189 g/mol. The molecule has 0 bridgehead atoms. The minimum atomic E-state index is 0. The van der Waals surface area contributed by atoms with Crippen LogP contribution >= 0.6 is 0 Å². The minimum absolute atomic E-state index is 0. The van der Waals surface area contributed by atoms with E-state index in [-0.39, 0.29) is 12.1 Å². The molecule has 1 aliphatic heterocycles. The van der Waals surface area contributed by atoms with Crippen LogP contribution in [0.1, 0.15) is 25.7 Å². The van der Waals surface area contributed by atoms with Gasteiger partial charge in [-0.05, 0) is 12.8 Å². The Balaban J connectivity index is 0. The Bertz CT molecular complexity index is 145. The maximum Gasteiger partial charge on any atom is 0.219 e. The van der Waals surface area contributed by atoms with Crippen LogP contribution in [0.3, 0.4) is 0 Å². The molecule has 0 unspecified atom stereocenters. The highest BCUT2D eigenvalue weighted by atomic mass is 32.1. The van der Waals surface area contributed by atoms with Crippen LogP contribution in [0, 0.1) is 10.7 Å². The van der Waals surface area contributed by atoms with Crippen molar-refractivity contribution in [3.63, 3.8) is 0 Å². The highest BCUT2D eigenvalue weighted by Gasteiger charge is 2.03. The SMILES string of the molecule is N#C[S-].O=C1CCCCCN1.[NH4+]. The summed E-state index contributed by atoms with van der Waals surface area (Å²) < 4.78 is 0. The zero-order valence-corrected chi connectivity index (χ0v) is 8.12. The molecular weight excluding hydrogens is 174 g/mol. The van der Waals surface area contributed by atoms with Gasteiger partial charge < -0.3 is 24.1 Å². The third-order valence-corrected chi connectivity index (χ3v) is 1.40. The molecular formula is C7H15N3OS. The van der Waals surface area contributed by atoms with E-state index < -0.39 is 0 Å². The predicted octanol–water partition coefficient (Wildman–Crippen LogP) is 1.07. The molecule has 0 aromatic rings. The standard InChI is InChI=1S/C6H11NO.CHNS.H3N/c8-6-4-2-1-3-5-7-6;2-1-3;/h1-5H2,(H,7,8);3H;1H3. The zero-order valence-electron chi connectivity index (χ0n) is 7.30. The first-order chi connectivity index (χ1) is 5.31. The Morgan fingerprint density at radius 1 is 1.42 bits per heavy atom. The van der Waals surface area contributed by atoms with Crippen LogP contribution < -0.4 is 11.5 Å². The van der Waals surface area contributed by atoms with Crippen molar-refractivity contribution < 1.29 is 4.79 Å². The fraction of sp³-hybridized carbons (Fsp3) is 0.714. The van der Waals surface area contributed by atoms with E-state index in [2.05, 4.69) is 17.9 Å². The second-order valence-electron chi connectivity index (χ2n) is 2.25. The molecule has 70 valence electrons. The highest BCUT2D eigenvalue weighted by Crippen LogP contribution is 2.02. The van der Waals surface area contributed by atoms with Gasteiger partial charge in [0.05, 0.1) is 0 Å². The molecule has 0 spiro atoms. The number of nitrogens with one attached hydrogen (secondary N) is 1. The molecule has 1 saturated heterocycles. The van der Waals surface area contributed by atoms with Crippen LogP contribution in [0.5, 0.6) is 0 Å².